The minimum absolute atomic E-state index is 0.126. The minimum atomic E-state index is 0.126. The van der Waals surface area contributed by atoms with Crippen LogP contribution in [0.25, 0.3) is 0 Å². The van der Waals surface area contributed by atoms with Crippen molar-refractivity contribution < 1.29 is 4.74 Å². The maximum atomic E-state index is 5.70. The molecule has 0 saturated carbocycles. The molecule has 0 radical (unpaired) electrons. The quantitative estimate of drug-likeness (QED) is 0.527. The Morgan fingerprint density at radius 1 is 1.10 bits per heavy atom. The molecule has 1 atom stereocenters. The van der Waals surface area contributed by atoms with E-state index in [9.17, 15) is 0 Å². The Morgan fingerprint density at radius 3 is 2.33 bits per heavy atom. The van der Waals surface area contributed by atoms with Crippen LogP contribution in [0.2, 0.25) is 0 Å². The van der Waals surface area contributed by atoms with E-state index in [-0.39, 0.29) is 6.04 Å². The normalized spacial score (nSPS) is 12.0. The first-order chi connectivity index (χ1) is 10.0. The van der Waals surface area contributed by atoms with Crippen LogP contribution in [0.15, 0.2) is 49.8 Å². The first-order valence-corrected chi connectivity index (χ1v) is 9.03. The number of rotatable bonds is 5. The van der Waals surface area contributed by atoms with E-state index in [1.165, 1.54) is 0 Å². The molecular weight excluding hydrogens is 462 g/mol. The van der Waals surface area contributed by atoms with Crippen molar-refractivity contribution in [1.29, 1.82) is 0 Å². The zero-order valence-corrected chi connectivity index (χ0v) is 16.5. The topological polar surface area (TPSA) is 21.3 Å². The van der Waals surface area contributed by atoms with E-state index >= 15 is 0 Å². The van der Waals surface area contributed by atoms with Gasteiger partial charge in [-0.25, -0.2) is 0 Å². The SMILES string of the molecule is CCOc1ccccc1C(C)Nc1c(Br)cc(Br)cc1Br. The highest BCUT2D eigenvalue weighted by Crippen LogP contribution is 2.37. The van der Waals surface area contributed by atoms with Crippen LogP contribution in [0.3, 0.4) is 0 Å². The number of anilines is 1. The fourth-order valence-corrected chi connectivity index (χ4v) is 4.59. The van der Waals surface area contributed by atoms with Crippen molar-refractivity contribution in [3.05, 3.63) is 55.4 Å². The van der Waals surface area contributed by atoms with Crippen molar-refractivity contribution >= 4 is 53.5 Å². The van der Waals surface area contributed by atoms with Crippen LogP contribution in [0.1, 0.15) is 25.5 Å². The van der Waals surface area contributed by atoms with Gasteiger partial charge < -0.3 is 10.1 Å². The van der Waals surface area contributed by atoms with Gasteiger partial charge in [0.1, 0.15) is 5.75 Å². The van der Waals surface area contributed by atoms with Crippen molar-refractivity contribution in [2.45, 2.75) is 19.9 Å². The van der Waals surface area contributed by atoms with E-state index in [2.05, 4.69) is 66.1 Å². The van der Waals surface area contributed by atoms with Gasteiger partial charge in [-0.2, -0.15) is 0 Å². The van der Waals surface area contributed by atoms with Gasteiger partial charge in [-0.05, 0) is 63.9 Å². The van der Waals surface area contributed by atoms with Crippen LogP contribution in [0.4, 0.5) is 5.69 Å². The van der Waals surface area contributed by atoms with Crippen LogP contribution < -0.4 is 10.1 Å². The molecule has 0 aliphatic rings. The predicted octanol–water partition coefficient (Wildman–Crippen LogP) is 6.55. The fourth-order valence-electron chi connectivity index (χ4n) is 2.10. The minimum Gasteiger partial charge on any atom is -0.494 e. The molecule has 0 spiro atoms. The molecule has 2 aromatic rings. The predicted molar refractivity (Wildman–Crippen MR) is 99.2 cm³/mol. The van der Waals surface area contributed by atoms with Crippen molar-refractivity contribution in [3.63, 3.8) is 0 Å². The smallest absolute Gasteiger partial charge is 0.124 e. The molecule has 2 nitrogen and oxygen atoms in total. The van der Waals surface area contributed by atoms with Crippen LogP contribution in [0.5, 0.6) is 5.75 Å². The van der Waals surface area contributed by atoms with Gasteiger partial charge in [-0.1, -0.05) is 34.1 Å². The average Bonchev–Trinajstić information content (AvgIpc) is 2.43. The van der Waals surface area contributed by atoms with Gasteiger partial charge in [0.15, 0.2) is 0 Å². The van der Waals surface area contributed by atoms with E-state index < -0.39 is 0 Å². The molecule has 0 fully saturated rings. The first kappa shape index (κ1) is 16.8. The molecule has 0 bridgehead atoms. The first-order valence-electron chi connectivity index (χ1n) is 6.65. The second kappa shape index (κ2) is 7.65. The summed E-state index contributed by atoms with van der Waals surface area (Å²) in [4.78, 5) is 0. The Morgan fingerprint density at radius 2 is 1.71 bits per heavy atom. The molecule has 1 N–H and O–H groups in total. The van der Waals surface area contributed by atoms with Crippen molar-refractivity contribution in [2.75, 3.05) is 11.9 Å². The molecular formula is C16H16Br3NO. The Hall–Kier alpha value is -0.520. The maximum Gasteiger partial charge on any atom is 0.124 e. The highest BCUT2D eigenvalue weighted by Gasteiger charge is 2.14. The van der Waals surface area contributed by atoms with Gasteiger partial charge >= 0.3 is 0 Å². The molecule has 2 aromatic carbocycles. The molecule has 0 aliphatic heterocycles. The third kappa shape index (κ3) is 4.24. The number of hydrogen-bond donors (Lipinski definition) is 1. The van der Waals surface area contributed by atoms with E-state index in [1.807, 2.05) is 37.3 Å². The maximum absolute atomic E-state index is 5.70. The molecule has 0 saturated heterocycles. The van der Waals surface area contributed by atoms with Crippen molar-refractivity contribution in [2.24, 2.45) is 0 Å². The summed E-state index contributed by atoms with van der Waals surface area (Å²) in [6, 6.07) is 12.3. The second-order valence-electron chi connectivity index (χ2n) is 4.58. The van der Waals surface area contributed by atoms with Crippen molar-refractivity contribution in [3.8, 4) is 5.75 Å². The number of nitrogens with one attached hydrogen (secondary N) is 1. The summed E-state index contributed by atoms with van der Waals surface area (Å²) in [6.07, 6.45) is 0. The van der Waals surface area contributed by atoms with Crippen LogP contribution in [-0.2, 0) is 0 Å². The molecule has 112 valence electrons. The van der Waals surface area contributed by atoms with Crippen molar-refractivity contribution in [1.82, 2.24) is 0 Å². The molecule has 0 aromatic heterocycles. The molecule has 21 heavy (non-hydrogen) atoms. The van der Waals surface area contributed by atoms with Crippen LogP contribution in [-0.4, -0.2) is 6.61 Å². The summed E-state index contributed by atoms with van der Waals surface area (Å²) in [5.74, 6) is 0.921. The summed E-state index contributed by atoms with van der Waals surface area (Å²) < 4.78 is 8.74. The molecule has 0 aliphatic carbocycles. The number of ether oxygens (including phenoxy) is 1. The number of benzene rings is 2. The van der Waals surface area contributed by atoms with E-state index in [0.717, 1.165) is 30.4 Å². The summed E-state index contributed by atoms with van der Waals surface area (Å²) in [6.45, 7) is 4.78. The fraction of sp³-hybridized carbons (Fsp3) is 0.250. The van der Waals surface area contributed by atoms with Crippen LogP contribution >= 0.6 is 47.8 Å². The number of hydrogen-bond acceptors (Lipinski definition) is 2. The standard InChI is InChI=1S/C16H16Br3NO/c1-3-21-15-7-5-4-6-12(15)10(2)20-16-13(18)8-11(17)9-14(16)19/h4-10,20H,3H2,1-2H3. The Balaban J connectivity index is 2.28. The van der Waals surface area contributed by atoms with Gasteiger partial charge in [0.25, 0.3) is 0 Å². The molecule has 1 unspecified atom stereocenters. The molecule has 5 heteroatoms. The molecule has 0 amide bonds. The zero-order valence-electron chi connectivity index (χ0n) is 11.8. The second-order valence-corrected chi connectivity index (χ2v) is 7.21. The molecule has 2 rings (SSSR count). The third-order valence-electron chi connectivity index (χ3n) is 3.05. The third-order valence-corrected chi connectivity index (χ3v) is 4.76. The summed E-state index contributed by atoms with van der Waals surface area (Å²) in [5, 5.41) is 3.53. The van der Waals surface area contributed by atoms with Gasteiger partial charge in [0.2, 0.25) is 0 Å². The van der Waals surface area contributed by atoms with Crippen LogP contribution in [0, 0.1) is 0 Å². The lowest BCUT2D eigenvalue weighted by molar-refractivity contribution is 0.335. The monoisotopic (exact) mass is 475 g/mol. The summed E-state index contributed by atoms with van der Waals surface area (Å²) >= 11 is 10.7. The lowest BCUT2D eigenvalue weighted by atomic mass is 10.1. The Kier molecular flexibility index (Phi) is 6.14. The Labute approximate surface area is 150 Å². The van der Waals surface area contributed by atoms with Gasteiger partial charge in [0.05, 0.1) is 18.3 Å². The average molecular weight is 478 g/mol. The van der Waals surface area contributed by atoms with Gasteiger partial charge in [-0.15, -0.1) is 0 Å². The highest BCUT2D eigenvalue weighted by atomic mass is 79.9. The highest BCUT2D eigenvalue weighted by molar-refractivity contribution is 9.11. The lowest BCUT2D eigenvalue weighted by Gasteiger charge is -2.21. The van der Waals surface area contributed by atoms with Gasteiger partial charge in [0, 0.05) is 19.0 Å². The van der Waals surface area contributed by atoms with E-state index in [4.69, 9.17) is 4.74 Å². The lowest BCUT2D eigenvalue weighted by Crippen LogP contribution is -2.09. The van der Waals surface area contributed by atoms with E-state index in [0.29, 0.717) is 6.61 Å². The Bertz CT molecular complexity index is 608. The summed E-state index contributed by atoms with van der Waals surface area (Å²) in [7, 11) is 0. The number of para-hydroxylation sites is 1. The van der Waals surface area contributed by atoms with Gasteiger partial charge in [-0.3, -0.25) is 0 Å². The van der Waals surface area contributed by atoms with E-state index in [1.54, 1.807) is 0 Å². The number of halogens is 3. The largest absolute Gasteiger partial charge is 0.494 e. The zero-order chi connectivity index (χ0) is 15.4. The molecule has 0 heterocycles. The summed E-state index contributed by atoms with van der Waals surface area (Å²) in [5.41, 5.74) is 2.16.